The summed E-state index contributed by atoms with van der Waals surface area (Å²) in [6, 6.07) is 9.96. The van der Waals surface area contributed by atoms with Crippen molar-refractivity contribution in [3.05, 3.63) is 66.3 Å². The second-order valence-corrected chi connectivity index (χ2v) is 6.01. The van der Waals surface area contributed by atoms with E-state index < -0.39 is 0 Å². The first-order valence-electron chi connectivity index (χ1n) is 7.13. The SMILES string of the molecule is C=CC.CC(C)(C)N.CC(C)=C/C=C(\N)c1ccccc1. The third-order valence-electron chi connectivity index (χ3n) is 1.70. The van der Waals surface area contributed by atoms with Gasteiger partial charge in [-0.3, -0.25) is 0 Å². The predicted molar refractivity (Wildman–Crippen MR) is 97.8 cm³/mol. The number of hydrogen-bond acceptors (Lipinski definition) is 2. The maximum atomic E-state index is 5.86. The van der Waals surface area contributed by atoms with Crippen molar-refractivity contribution < 1.29 is 0 Å². The Labute approximate surface area is 131 Å². The lowest BCUT2D eigenvalue weighted by molar-refractivity contribution is 0.580. The number of rotatable bonds is 2. The molecule has 0 radical (unpaired) electrons. The second-order valence-electron chi connectivity index (χ2n) is 6.01. The molecule has 0 spiro atoms. The molecule has 0 unspecified atom stereocenters. The summed E-state index contributed by atoms with van der Waals surface area (Å²) in [7, 11) is 0. The highest BCUT2D eigenvalue weighted by Crippen LogP contribution is 2.08. The fraction of sp³-hybridized carbons (Fsp3) is 0.368. The molecule has 0 aliphatic heterocycles. The number of benzene rings is 1. The van der Waals surface area contributed by atoms with Gasteiger partial charge in [-0.05, 0) is 53.2 Å². The summed E-state index contributed by atoms with van der Waals surface area (Å²) in [5, 5.41) is 0. The Morgan fingerprint density at radius 1 is 1.05 bits per heavy atom. The maximum absolute atomic E-state index is 5.86. The third-order valence-corrected chi connectivity index (χ3v) is 1.70. The molecule has 0 atom stereocenters. The molecule has 0 heterocycles. The van der Waals surface area contributed by atoms with E-state index in [1.165, 1.54) is 5.57 Å². The number of nitrogens with two attached hydrogens (primary N) is 2. The van der Waals surface area contributed by atoms with Gasteiger partial charge in [-0.15, -0.1) is 6.58 Å². The van der Waals surface area contributed by atoms with Crippen LogP contribution in [0.15, 0.2) is 60.7 Å². The molecule has 118 valence electrons. The first-order valence-corrected chi connectivity index (χ1v) is 7.13. The van der Waals surface area contributed by atoms with Crippen molar-refractivity contribution in [2.75, 3.05) is 0 Å². The average molecular weight is 288 g/mol. The molecular formula is C19H32N2. The van der Waals surface area contributed by atoms with Crippen LogP contribution >= 0.6 is 0 Å². The van der Waals surface area contributed by atoms with Crippen molar-refractivity contribution in [2.24, 2.45) is 11.5 Å². The molecule has 0 aliphatic rings. The van der Waals surface area contributed by atoms with Gasteiger partial charge in [0.15, 0.2) is 0 Å². The Morgan fingerprint density at radius 2 is 1.43 bits per heavy atom. The molecule has 0 fully saturated rings. The molecule has 0 aliphatic carbocycles. The molecular weight excluding hydrogens is 256 g/mol. The Balaban J connectivity index is 0. The molecule has 0 aromatic heterocycles. The molecule has 1 aromatic carbocycles. The van der Waals surface area contributed by atoms with E-state index in [4.69, 9.17) is 11.5 Å². The van der Waals surface area contributed by atoms with Crippen LogP contribution in [0.5, 0.6) is 0 Å². The molecule has 0 amide bonds. The monoisotopic (exact) mass is 288 g/mol. The summed E-state index contributed by atoms with van der Waals surface area (Å²) >= 11 is 0. The van der Waals surface area contributed by atoms with Crippen LogP contribution in [0.2, 0.25) is 0 Å². The highest BCUT2D eigenvalue weighted by Gasteiger charge is 1.95. The topological polar surface area (TPSA) is 52.0 Å². The van der Waals surface area contributed by atoms with Crippen molar-refractivity contribution >= 4 is 5.70 Å². The van der Waals surface area contributed by atoms with E-state index in [1.807, 2.05) is 70.2 Å². The molecule has 0 saturated carbocycles. The Hall–Kier alpha value is -1.80. The maximum Gasteiger partial charge on any atom is 0.0387 e. The van der Waals surface area contributed by atoms with Gasteiger partial charge in [-0.1, -0.05) is 48.1 Å². The summed E-state index contributed by atoms with van der Waals surface area (Å²) in [4.78, 5) is 0. The van der Waals surface area contributed by atoms with Crippen LogP contribution in [0.1, 0.15) is 47.1 Å². The zero-order valence-electron chi connectivity index (χ0n) is 14.5. The van der Waals surface area contributed by atoms with Crippen molar-refractivity contribution in [3.8, 4) is 0 Å². The number of allylic oxidation sites excluding steroid dienone is 4. The predicted octanol–water partition coefficient (Wildman–Crippen LogP) is 4.89. The molecule has 21 heavy (non-hydrogen) atoms. The summed E-state index contributed by atoms with van der Waals surface area (Å²) in [5.74, 6) is 0. The lowest BCUT2D eigenvalue weighted by Gasteiger charge is -2.06. The van der Waals surface area contributed by atoms with Crippen LogP contribution in [-0.4, -0.2) is 5.54 Å². The van der Waals surface area contributed by atoms with Crippen LogP contribution in [0.25, 0.3) is 5.70 Å². The summed E-state index contributed by atoms with van der Waals surface area (Å²) < 4.78 is 0. The van der Waals surface area contributed by atoms with Gasteiger partial charge >= 0.3 is 0 Å². The molecule has 2 heteroatoms. The van der Waals surface area contributed by atoms with Gasteiger partial charge < -0.3 is 11.5 Å². The lowest BCUT2D eigenvalue weighted by Crippen LogP contribution is -2.26. The second kappa shape index (κ2) is 12.0. The minimum atomic E-state index is 0. The van der Waals surface area contributed by atoms with Gasteiger partial charge in [0, 0.05) is 11.2 Å². The Morgan fingerprint density at radius 3 is 1.76 bits per heavy atom. The molecule has 4 N–H and O–H groups in total. The van der Waals surface area contributed by atoms with E-state index >= 15 is 0 Å². The van der Waals surface area contributed by atoms with E-state index in [1.54, 1.807) is 6.08 Å². The summed E-state index contributed by atoms with van der Waals surface area (Å²) in [6.07, 6.45) is 5.70. The van der Waals surface area contributed by atoms with Crippen molar-refractivity contribution in [1.29, 1.82) is 0 Å². The van der Waals surface area contributed by atoms with Gasteiger partial charge in [0.2, 0.25) is 0 Å². The molecule has 1 rings (SSSR count). The quantitative estimate of drug-likeness (QED) is 0.601. The van der Waals surface area contributed by atoms with E-state index in [0.29, 0.717) is 0 Å². The molecule has 2 nitrogen and oxygen atoms in total. The fourth-order valence-electron chi connectivity index (χ4n) is 0.983. The summed E-state index contributed by atoms with van der Waals surface area (Å²) in [5.41, 5.74) is 14.3. The Kier molecular flexibility index (Phi) is 12.3. The van der Waals surface area contributed by atoms with Gasteiger partial charge in [0.25, 0.3) is 0 Å². The van der Waals surface area contributed by atoms with Crippen LogP contribution in [0.3, 0.4) is 0 Å². The largest absolute Gasteiger partial charge is 0.398 e. The summed E-state index contributed by atoms with van der Waals surface area (Å²) in [6.45, 7) is 15.2. The van der Waals surface area contributed by atoms with Crippen molar-refractivity contribution in [3.63, 3.8) is 0 Å². The zero-order valence-corrected chi connectivity index (χ0v) is 14.5. The normalized spacial score (nSPS) is 10.3. The van der Waals surface area contributed by atoms with Crippen LogP contribution in [-0.2, 0) is 0 Å². The van der Waals surface area contributed by atoms with Gasteiger partial charge in [-0.25, -0.2) is 0 Å². The van der Waals surface area contributed by atoms with E-state index in [-0.39, 0.29) is 5.54 Å². The minimum Gasteiger partial charge on any atom is -0.398 e. The van der Waals surface area contributed by atoms with E-state index in [9.17, 15) is 0 Å². The minimum absolute atomic E-state index is 0. The van der Waals surface area contributed by atoms with Crippen LogP contribution < -0.4 is 11.5 Å². The smallest absolute Gasteiger partial charge is 0.0387 e. The average Bonchev–Trinajstić information content (AvgIpc) is 2.36. The molecule has 1 aromatic rings. The highest BCUT2D eigenvalue weighted by atomic mass is 14.7. The van der Waals surface area contributed by atoms with Crippen molar-refractivity contribution in [1.82, 2.24) is 0 Å². The Bertz CT molecular complexity index is 424. The molecule has 0 saturated heterocycles. The highest BCUT2D eigenvalue weighted by molar-refractivity contribution is 5.63. The first-order chi connectivity index (χ1) is 9.61. The lowest BCUT2D eigenvalue weighted by atomic mass is 10.1. The van der Waals surface area contributed by atoms with Crippen molar-refractivity contribution in [2.45, 2.75) is 47.1 Å². The first kappa shape index (κ1) is 21.5. The van der Waals surface area contributed by atoms with E-state index in [0.717, 1.165) is 11.3 Å². The van der Waals surface area contributed by atoms with Gasteiger partial charge in [0.1, 0.15) is 0 Å². The number of hydrogen-bond donors (Lipinski definition) is 2. The van der Waals surface area contributed by atoms with E-state index in [2.05, 4.69) is 20.4 Å². The standard InChI is InChI=1S/C12H15N.C4H11N.C3H6/c1-10(2)8-9-12(13)11-6-4-3-5-7-11;1-4(2,3)5;1-3-2/h3-9H,13H2,1-2H3;5H2,1-3H3;3H,1H2,2H3/b12-9-;;. The zero-order chi connectivity index (χ0) is 16.9. The van der Waals surface area contributed by atoms with Gasteiger partial charge in [0.05, 0.1) is 0 Å². The fourth-order valence-corrected chi connectivity index (χ4v) is 0.983. The van der Waals surface area contributed by atoms with Gasteiger partial charge in [-0.2, -0.15) is 0 Å². The van der Waals surface area contributed by atoms with Crippen LogP contribution in [0.4, 0.5) is 0 Å². The van der Waals surface area contributed by atoms with Crippen LogP contribution in [0, 0.1) is 0 Å². The third kappa shape index (κ3) is 20.7. The molecule has 0 bridgehead atoms.